The summed E-state index contributed by atoms with van der Waals surface area (Å²) in [6.45, 7) is 5.67. The Morgan fingerprint density at radius 2 is 1.72 bits per heavy atom. The molecular formula is C18H25N3O4. The van der Waals surface area contributed by atoms with Gasteiger partial charge >= 0.3 is 6.09 Å². The Bertz CT molecular complexity index is 631. The van der Waals surface area contributed by atoms with E-state index in [1.54, 1.807) is 45.0 Å². The van der Waals surface area contributed by atoms with Gasteiger partial charge < -0.3 is 20.7 Å². The largest absolute Gasteiger partial charge is 0.444 e. The summed E-state index contributed by atoms with van der Waals surface area (Å²) in [4.78, 5) is 35.2. The minimum atomic E-state index is -0.544. The zero-order valence-electron chi connectivity index (χ0n) is 14.8. The maximum atomic E-state index is 12.0. The molecule has 1 aromatic carbocycles. The Kier molecular flexibility index (Phi) is 6.01. The van der Waals surface area contributed by atoms with E-state index in [0.29, 0.717) is 12.1 Å². The van der Waals surface area contributed by atoms with Gasteiger partial charge in [-0.15, -0.1) is 0 Å². The predicted octanol–water partition coefficient (Wildman–Crippen LogP) is 1.72. The lowest BCUT2D eigenvalue weighted by Gasteiger charge is -2.19. The predicted molar refractivity (Wildman–Crippen MR) is 93.0 cm³/mol. The number of amides is 3. The summed E-state index contributed by atoms with van der Waals surface area (Å²) in [5.41, 5.74) is 0.756. The van der Waals surface area contributed by atoms with Crippen LogP contribution in [0.2, 0.25) is 0 Å². The summed E-state index contributed by atoms with van der Waals surface area (Å²) in [5.74, 6) is -0.480. The molecule has 1 aliphatic rings. The Balaban J connectivity index is 1.75. The zero-order valence-corrected chi connectivity index (χ0v) is 14.8. The smallest absolute Gasteiger partial charge is 0.407 e. The third-order valence-corrected chi connectivity index (χ3v) is 3.40. The quantitative estimate of drug-likeness (QED) is 0.730. The summed E-state index contributed by atoms with van der Waals surface area (Å²) >= 11 is 0. The van der Waals surface area contributed by atoms with E-state index >= 15 is 0 Å². The number of hydrogen-bond acceptors (Lipinski definition) is 4. The highest BCUT2D eigenvalue weighted by Gasteiger charge is 2.23. The molecule has 0 spiro atoms. The van der Waals surface area contributed by atoms with Crippen LogP contribution in [0.3, 0.4) is 0 Å². The molecule has 1 saturated carbocycles. The fourth-order valence-corrected chi connectivity index (χ4v) is 2.03. The second-order valence-corrected chi connectivity index (χ2v) is 7.08. The molecule has 7 nitrogen and oxygen atoms in total. The first-order valence-corrected chi connectivity index (χ1v) is 8.36. The molecule has 0 atom stereocenters. The minimum Gasteiger partial charge on any atom is -0.444 e. The van der Waals surface area contributed by atoms with Crippen LogP contribution in [0, 0.1) is 0 Å². The van der Waals surface area contributed by atoms with Gasteiger partial charge in [-0.1, -0.05) is 12.1 Å². The van der Waals surface area contributed by atoms with Crippen LogP contribution >= 0.6 is 0 Å². The number of nitrogens with one attached hydrogen (secondary N) is 3. The maximum absolute atomic E-state index is 12.0. The standard InChI is InChI=1S/C18H25N3O4/c1-18(2,3)25-17(24)20-10-12-4-6-13(7-5-12)16(23)19-11-15(22)21-14-8-9-14/h4-7,14H,8-11H2,1-3H3,(H,19,23)(H,20,24)(H,21,22). The van der Waals surface area contributed by atoms with Crippen molar-refractivity contribution in [3.8, 4) is 0 Å². The van der Waals surface area contributed by atoms with Gasteiger partial charge in [0.2, 0.25) is 5.91 Å². The highest BCUT2D eigenvalue weighted by atomic mass is 16.6. The van der Waals surface area contributed by atoms with Gasteiger partial charge in [0.25, 0.3) is 5.91 Å². The highest BCUT2D eigenvalue weighted by molar-refractivity contribution is 5.96. The second-order valence-electron chi connectivity index (χ2n) is 7.08. The molecule has 0 unspecified atom stereocenters. The van der Waals surface area contributed by atoms with E-state index in [2.05, 4.69) is 16.0 Å². The summed E-state index contributed by atoms with van der Waals surface area (Å²) in [6.07, 6.45) is 1.53. The molecule has 7 heteroatoms. The van der Waals surface area contributed by atoms with Gasteiger partial charge in [-0.05, 0) is 51.3 Å². The fourth-order valence-electron chi connectivity index (χ4n) is 2.03. The van der Waals surface area contributed by atoms with E-state index in [0.717, 1.165) is 18.4 Å². The molecule has 0 aromatic heterocycles. The van der Waals surface area contributed by atoms with Gasteiger partial charge in [0.15, 0.2) is 0 Å². The molecule has 25 heavy (non-hydrogen) atoms. The van der Waals surface area contributed by atoms with Gasteiger partial charge in [-0.25, -0.2) is 4.79 Å². The van der Waals surface area contributed by atoms with E-state index < -0.39 is 11.7 Å². The van der Waals surface area contributed by atoms with Gasteiger partial charge in [0, 0.05) is 18.2 Å². The molecule has 0 heterocycles. The topological polar surface area (TPSA) is 96.5 Å². The lowest BCUT2D eigenvalue weighted by molar-refractivity contribution is -0.120. The third kappa shape index (κ3) is 7.24. The van der Waals surface area contributed by atoms with Crippen molar-refractivity contribution in [1.82, 2.24) is 16.0 Å². The van der Waals surface area contributed by atoms with Crippen LogP contribution in [0.5, 0.6) is 0 Å². The number of carbonyl (C=O) groups excluding carboxylic acids is 3. The SMILES string of the molecule is CC(C)(C)OC(=O)NCc1ccc(C(=O)NCC(=O)NC2CC2)cc1. The number of benzene rings is 1. The molecule has 1 aliphatic carbocycles. The molecule has 2 rings (SSSR count). The van der Waals surface area contributed by atoms with Crippen LogP contribution in [0.1, 0.15) is 49.5 Å². The molecule has 1 aromatic rings. The molecule has 0 radical (unpaired) electrons. The Hall–Kier alpha value is -2.57. The lowest BCUT2D eigenvalue weighted by Crippen LogP contribution is -2.37. The van der Waals surface area contributed by atoms with E-state index in [9.17, 15) is 14.4 Å². The number of ether oxygens (including phenoxy) is 1. The van der Waals surface area contributed by atoms with Gasteiger partial charge in [0.05, 0.1) is 6.54 Å². The van der Waals surface area contributed by atoms with E-state index in [1.807, 2.05) is 0 Å². The van der Waals surface area contributed by atoms with Crippen LogP contribution in [0.4, 0.5) is 4.79 Å². The number of hydrogen-bond donors (Lipinski definition) is 3. The molecule has 0 aliphatic heterocycles. The van der Waals surface area contributed by atoms with Crippen LogP contribution in [-0.4, -0.2) is 36.1 Å². The molecule has 136 valence electrons. The Morgan fingerprint density at radius 3 is 2.28 bits per heavy atom. The normalized spacial score (nSPS) is 13.7. The average molecular weight is 347 g/mol. The minimum absolute atomic E-state index is 0.0305. The van der Waals surface area contributed by atoms with Crippen molar-refractivity contribution in [3.05, 3.63) is 35.4 Å². The highest BCUT2D eigenvalue weighted by Crippen LogP contribution is 2.18. The first kappa shape index (κ1) is 18.8. The maximum Gasteiger partial charge on any atom is 0.407 e. The second kappa shape index (κ2) is 8.00. The van der Waals surface area contributed by atoms with Crippen molar-refractivity contribution in [2.24, 2.45) is 0 Å². The summed E-state index contributed by atoms with van der Waals surface area (Å²) in [7, 11) is 0. The van der Waals surface area contributed by atoms with Crippen LogP contribution < -0.4 is 16.0 Å². The van der Waals surface area contributed by atoms with E-state index in [4.69, 9.17) is 4.74 Å². The number of carbonyl (C=O) groups is 3. The summed E-state index contributed by atoms with van der Waals surface area (Å²) < 4.78 is 5.16. The average Bonchev–Trinajstić information content (AvgIpc) is 3.33. The molecule has 3 amide bonds. The van der Waals surface area contributed by atoms with Crippen molar-refractivity contribution < 1.29 is 19.1 Å². The van der Waals surface area contributed by atoms with E-state index in [-0.39, 0.29) is 24.4 Å². The lowest BCUT2D eigenvalue weighted by atomic mass is 10.1. The van der Waals surface area contributed by atoms with Crippen molar-refractivity contribution in [3.63, 3.8) is 0 Å². The number of rotatable bonds is 6. The van der Waals surface area contributed by atoms with Crippen molar-refractivity contribution in [1.29, 1.82) is 0 Å². The van der Waals surface area contributed by atoms with Crippen LogP contribution in [0.15, 0.2) is 24.3 Å². The zero-order chi connectivity index (χ0) is 18.4. The first-order valence-electron chi connectivity index (χ1n) is 8.36. The molecule has 0 saturated heterocycles. The molecule has 1 fully saturated rings. The monoisotopic (exact) mass is 347 g/mol. The first-order chi connectivity index (χ1) is 11.7. The fraction of sp³-hybridized carbons (Fsp3) is 0.500. The Labute approximate surface area is 147 Å². The van der Waals surface area contributed by atoms with E-state index in [1.165, 1.54) is 0 Å². The summed E-state index contributed by atoms with van der Waals surface area (Å²) in [6, 6.07) is 7.08. The molecule has 3 N–H and O–H groups in total. The summed E-state index contributed by atoms with van der Waals surface area (Å²) in [5, 5.41) is 8.05. The van der Waals surface area contributed by atoms with Gasteiger partial charge in [-0.3, -0.25) is 9.59 Å². The van der Waals surface area contributed by atoms with Crippen LogP contribution in [-0.2, 0) is 16.1 Å². The van der Waals surface area contributed by atoms with Gasteiger partial charge in [-0.2, -0.15) is 0 Å². The third-order valence-electron chi connectivity index (χ3n) is 3.40. The van der Waals surface area contributed by atoms with Crippen molar-refractivity contribution in [2.75, 3.05) is 6.54 Å². The van der Waals surface area contributed by atoms with Crippen LogP contribution in [0.25, 0.3) is 0 Å². The Morgan fingerprint density at radius 1 is 1.08 bits per heavy atom. The van der Waals surface area contributed by atoms with Crippen molar-refractivity contribution >= 4 is 17.9 Å². The molecular weight excluding hydrogens is 322 g/mol. The van der Waals surface area contributed by atoms with Gasteiger partial charge in [0.1, 0.15) is 5.60 Å². The number of alkyl carbamates (subject to hydrolysis) is 1. The van der Waals surface area contributed by atoms with Crippen molar-refractivity contribution in [2.45, 2.75) is 51.8 Å². The molecule has 0 bridgehead atoms.